The summed E-state index contributed by atoms with van der Waals surface area (Å²) < 4.78 is 0. The van der Waals surface area contributed by atoms with Gasteiger partial charge in [0.2, 0.25) is 0 Å². The molecule has 0 spiro atoms. The summed E-state index contributed by atoms with van der Waals surface area (Å²) in [5.41, 5.74) is -1.29. The number of H-pyrrole nitrogens is 1. The van der Waals surface area contributed by atoms with E-state index < -0.39 is 23.1 Å². The minimum Gasteiger partial charge on any atom is -0.480 e. The van der Waals surface area contributed by atoms with Crippen LogP contribution in [0.1, 0.15) is 42.7 Å². The van der Waals surface area contributed by atoms with Crippen molar-refractivity contribution in [3.8, 4) is 0 Å². The molecule has 0 unspecified atom stereocenters. The molecule has 1 aromatic heterocycles. The van der Waals surface area contributed by atoms with Crippen LogP contribution in [0.3, 0.4) is 0 Å². The lowest BCUT2D eigenvalue weighted by Crippen LogP contribution is -2.54. The van der Waals surface area contributed by atoms with Gasteiger partial charge in [0.15, 0.2) is 0 Å². The van der Waals surface area contributed by atoms with Gasteiger partial charge in [-0.2, -0.15) is 4.98 Å². The van der Waals surface area contributed by atoms with Crippen molar-refractivity contribution in [3.05, 3.63) is 21.7 Å². The van der Waals surface area contributed by atoms with Gasteiger partial charge in [-0.25, -0.2) is 9.59 Å². The normalized spacial score (nSPS) is 11.2. The quantitative estimate of drug-likeness (QED) is 0.537. The maximum atomic E-state index is 12.4. The van der Waals surface area contributed by atoms with E-state index in [2.05, 4.69) is 15.3 Å². The second kappa shape index (κ2) is 6.75. The summed E-state index contributed by atoms with van der Waals surface area (Å²) in [6.07, 6.45) is 2.21. The van der Waals surface area contributed by atoms with Crippen molar-refractivity contribution in [3.63, 3.8) is 0 Å². The van der Waals surface area contributed by atoms with Crippen LogP contribution in [0.15, 0.2) is 9.82 Å². The Bertz CT molecular complexity index is 608. The predicted octanol–water partition coefficient (Wildman–Crippen LogP) is 1.17. The smallest absolute Gasteiger partial charge is 0.346 e. The molecule has 0 aliphatic rings. The zero-order valence-electron chi connectivity index (χ0n) is 12.4. The fourth-order valence-corrected chi connectivity index (χ4v) is 2.66. The summed E-state index contributed by atoms with van der Waals surface area (Å²) in [7, 11) is 0. The molecule has 0 atom stereocenters. The molecule has 1 amide bonds. The molecule has 0 radical (unpaired) electrons. The van der Waals surface area contributed by atoms with Gasteiger partial charge in [-0.15, -0.1) is 11.8 Å². The molecule has 8 heteroatoms. The number of amides is 1. The minimum absolute atomic E-state index is 0.203. The van der Waals surface area contributed by atoms with E-state index in [1.54, 1.807) is 27.0 Å². The lowest BCUT2D eigenvalue weighted by atomic mass is 9.92. The second-order valence-electron chi connectivity index (χ2n) is 4.60. The lowest BCUT2D eigenvalue weighted by molar-refractivity contribution is -0.144. The van der Waals surface area contributed by atoms with Gasteiger partial charge in [0.25, 0.3) is 5.91 Å². The number of rotatable bonds is 6. The molecule has 0 aromatic carbocycles. The summed E-state index contributed by atoms with van der Waals surface area (Å²) in [4.78, 5) is 41.4. The lowest BCUT2D eigenvalue weighted by Gasteiger charge is -2.28. The Morgan fingerprint density at radius 3 is 2.38 bits per heavy atom. The second-order valence-corrected chi connectivity index (χ2v) is 5.39. The van der Waals surface area contributed by atoms with E-state index in [4.69, 9.17) is 0 Å². The van der Waals surface area contributed by atoms with Gasteiger partial charge in [0.05, 0.1) is 5.56 Å². The number of thioether (sulfide) groups is 1. The maximum absolute atomic E-state index is 12.4. The van der Waals surface area contributed by atoms with E-state index in [-0.39, 0.29) is 23.4 Å². The molecule has 3 N–H and O–H groups in total. The summed E-state index contributed by atoms with van der Waals surface area (Å²) in [5.74, 6) is -1.63. The number of aromatic nitrogens is 2. The van der Waals surface area contributed by atoms with Crippen LogP contribution in [0.4, 0.5) is 0 Å². The Hall–Kier alpha value is -1.83. The number of aryl methyl sites for hydroxylation is 1. The Labute approximate surface area is 126 Å². The molecule has 1 rings (SSSR count). The molecule has 7 nitrogen and oxygen atoms in total. The molecule has 1 aromatic rings. The van der Waals surface area contributed by atoms with Crippen LogP contribution in [0.25, 0.3) is 0 Å². The Balaban J connectivity index is 3.27. The SMILES string of the molecule is CCC(CC)(NC(=O)c1c(SC)nc(=O)[nH]c1C)C(=O)O. The Morgan fingerprint density at radius 1 is 1.38 bits per heavy atom. The van der Waals surface area contributed by atoms with Crippen LogP contribution in [-0.2, 0) is 4.79 Å². The van der Waals surface area contributed by atoms with Gasteiger partial charge >= 0.3 is 11.7 Å². The third kappa shape index (κ3) is 3.44. The average molecular weight is 313 g/mol. The Morgan fingerprint density at radius 2 is 1.95 bits per heavy atom. The van der Waals surface area contributed by atoms with Crippen molar-refractivity contribution >= 4 is 23.6 Å². The predicted molar refractivity (Wildman–Crippen MR) is 79.8 cm³/mol. The van der Waals surface area contributed by atoms with Gasteiger partial charge in [0.1, 0.15) is 10.6 Å². The van der Waals surface area contributed by atoms with Gasteiger partial charge < -0.3 is 15.4 Å². The first-order valence-corrected chi connectivity index (χ1v) is 7.74. The van der Waals surface area contributed by atoms with E-state index in [1.165, 1.54) is 0 Å². The summed E-state index contributed by atoms with van der Waals surface area (Å²) >= 11 is 1.16. The first-order chi connectivity index (χ1) is 9.81. The van der Waals surface area contributed by atoms with E-state index in [0.717, 1.165) is 11.8 Å². The first kappa shape index (κ1) is 17.2. The van der Waals surface area contributed by atoms with Crippen LogP contribution in [0.2, 0.25) is 0 Å². The van der Waals surface area contributed by atoms with Gasteiger partial charge in [-0.1, -0.05) is 13.8 Å². The number of carbonyl (C=O) groups is 2. The third-order valence-electron chi connectivity index (χ3n) is 3.48. The van der Waals surface area contributed by atoms with Crippen LogP contribution < -0.4 is 11.0 Å². The van der Waals surface area contributed by atoms with Crippen molar-refractivity contribution in [1.82, 2.24) is 15.3 Å². The maximum Gasteiger partial charge on any atom is 0.346 e. The molecule has 0 aliphatic carbocycles. The van der Waals surface area contributed by atoms with Crippen molar-refractivity contribution in [2.45, 2.75) is 44.2 Å². The van der Waals surface area contributed by atoms with E-state index >= 15 is 0 Å². The molecule has 116 valence electrons. The molecule has 1 heterocycles. The molecule has 0 saturated heterocycles. The number of carboxylic acid groups (broad SMARTS) is 1. The Kier molecular flexibility index (Phi) is 5.54. The van der Waals surface area contributed by atoms with Gasteiger partial charge in [-0.3, -0.25) is 4.79 Å². The van der Waals surface area contributed by atoms with E-state index in [0.29, 0.717) is 5.69 Å². The highest BCUT2D eigenvalue weighted by atomic mass is 32.2. The molecule has 0 fully saturated rings. The molecule has 21 heavy (non-hydrogen) atoms. The molecule has 0 saturated carbocycles. The highest BCUT2D eigenvalue weighted by molar-refractivity contribution is 7.98. The third-order valence-corrected chi connectivity index (χ3v) is 4.16. The zero-order valence-corrected chi connectivity index (χ0v) is 13.3. The fourth-order valence-electron chi connectivity index (χ4n) is 2.04. The van der Waals surface area contributed by atoms with Gasteiger partial charge in [0, 0.05) is 5.69 Å². The van der Waals surface area contributed by atoms with Crippen LogP contribution in [-0.4, -0.2) is 38.7 Å². The zero-order chi connectivity index (χ0) is 16.2. The summed E-state index contributed by atoms with van der Waals surface area (Å²) in [6, 6.07) is 0. The van der Waals surface area contributed by atoms with Crippen molar-refractivity contribution < 1.29 is 14.7 Å². The van der Waals surface area contributed by atoms with Crippen molar-refractivity contribution in [2.75, 3.05) is 6.26 Å². The van der Waals surface area contributed by atoms with E-state index in [1.807, 2.05) is 0 Å². The monoisotopic (exact) mass is 313 g/mol. The van der Waals surface area contributed by atoms with Crippen LogP contribution in [0.5, 0.6) is 0 Å². The minimum atomic E-state index is -1.32. The molecular weight excluding hydrogens is 294 g/mol. The number of nitrogens with one attached hydrogen (secondary N) is 2. The number of carbonyl (C=O) groups excluding carboxylic acids is 1. The number of hydrogen-bond acceptors (Lipinski definition) is 5. The first-order valence-electron chi connectivity index (χ1n) is 6.52. The van der Waals surface area contributed by atoms with Crippen molar-refractivity contribution in [2.24, 2.45) is 0 Å². The highest BCUT2D eigenvalue weighted by Crippen LogP contribution is 2.21. The number of nitrogens with zero attached hydrogens (tertiary/aromatic N) is 1. The average Bonchev–Trinajstić information content (AvgIpc) is 2.43. The standard InChI is InChI=1S/C13H19N3O4S/c1-5-13(6-2,11(18)19)16-9(17)8-7(3)14-12(20)15-10(8)21-4/h5-6H2,1-4H3,(H,16,17)(H,18,19)(H,14,15,20). The number of carboxylic acids is 1. The number of aliphatic carboxylic acids is 1. The molecule has 0 aliphatic heterocycles. The highest BCUT2D eigenvalue weighted by Gasteiger charge is 2.37. The van der Waals surface area contributed by atoms with Crippen LogP contribution >= 0.6 is 11.8 Å². The van der Waals surface area contributed by atoms with E-state index in [9.17, 15) is 19.5 Å². The van der Waals surface area contributed by atoms with Crippen LogP contribution in [0, 0.1) is 6.92 Å². The summed E-state index contributed by atoms with van der Waals surface area (Å²) in [6.45, 7) is 4.98. The molecule has 0 bridgehead atoms. The summed E-state index contributed by atoms with van der Waals surface area (Å²) in [5, 5.41) is 12.2. The molecular formula is C13H19N3O4S. The number of aromatic amines is 1. The fraction of sp³-hybridized carbons (Fsp3) is 0.538. The number of hydrogen-bond donors (Lipinski definition) is 3. The van der Waals surface area contributed by atoms with Gasteiger partial charge in [-0.05, 0) is 26.0 Å². The largest absolute Gasteiger partial charge is 0.480 e. The van der Waals surface area contributed by atoms with Crippen molar-refractivity contribution in [1.29, 1.82) is 0 Å². The topological polar surface area (TPSA) is 112 Å².